The number of ether oxygens (including phenoxy) is 1. The maximum atomic E-state index is 13.4. The van der Waals surface area contributed by atoms with E-state index in [2.05, 4.69) is 48.8 Å². The first kappa shape index (κ1) is 22.2. The molecule has 1 aromatic carbocycles. The molecule has 0 amide bonds. The van der Waals surface area contributed by atoms with Crippen LogP contribution in [-0.4, -0.2) is 17.7 Å². The molecule has 5 heteroatoms. The van der Waals surface area contributed by atoms with Gasteiger partial charge in [0.05, 0.1) is 24.7 Å². The van der Waals surface area contributed by atoms with E-state index < -0.39 is 22.2 Å². The van der Waals surface area contributed by atoms with Crippen LogP contribution in [-0.2, 0) is 16.1 Å². The molecule has 7 atom stereocenters. The van der Waals surface area contributed by atoms with Crippen LogP contribution in [0.25, 0.3) is 0 Å². The Balaban J connectivity index is 1.59. The Morgan fingerprint density at radius 3 is 2.62 bits per heavy atom. The van der Waals surface area contributed by atoms with Gasteiger partial charge in [-0.3, -0.25) is 4.79 Å². The first-order valence-corrected chi connectivity index (χ1v) is 12.7. The second-order valence-corrected chi connectivity index (χ2v) is 11.9. The first-order chi connectivity index (χ1) is 15.2. The Morgan fingerprint density at radius 2 is 2.00 bits per heavy atom. The van der Waals surface area contributed by atoms with Gasteiger partial charge in [0, 0.05) is 9.89 Å². The molecule has 0 aromatic heterocycles. The molecule has 170 valence electrons. The van der Waals surface area contributed by atoms with E-state index in [1.165, 1.54) is 0 Å². The summed E-state index contributed by atoms with van der Waals surface area (Å²) in [7, 11) is 0. The molecule has 4 bridgehead atoms. The number of rotatable bonds is 6. The normalized spacial score (nSPS) is 41.4. The van der Waals surface area contributed by atoms with Crippen LogP contribution in [0.4, 0.5) is 0 Å². The predicted molar refractivity (Wildman–Crippen MR) is 125 cm³/mol. The minimum atomic E-state index is -1.14. The van der Waals surface area contributed by atoms with Crippen molar-refractivity contribution in [1.82, 2.24) is 0 Å². The SMILES string of the molecule is CC(C)C1=CC2CC3(C#N)C4CCC(C)C4CC2(COCc2ccc(Br)cc2)C13C(=O)O. The number of allylic oxidation sites excluding steroid dienone is 1. The monoisotopic (exact) mass is 497 g/mol. The molecule has 4 aliphatic rings. The Hall–Kier alpha value is -1.64. The molecule has 5 rings (SSSR count). The Bertz CT molecular complexity index is 1010. The van der Waals surface area contributed by atoms with Gasteiger partial charge in [0.1, 0.15) is 5.41 Å². The molecule has 0 heterocycles. The van der Waals surface area contributed by atoms with Crippen molar-refractivity contribution < 1.29 is 14.6 Å². The molecule has 4 aliphatic carbocycles. The van der Waals surface area contributed by atoms with Gasteiger partial charge in [0.15, 0.2) is 0 Å². The van der Waals surface area contributed by atoms with Crippen molar-refractivity contribution in [1.29, 1.82) is 5.26 Å². The van der Waals surface area contributed by atoms with Crippen molar-refractivity contribution in [3.63, 3.8) is 0 Å². The lowest BCUT2D eigenvalue weighted by Gasteiger charge is -2.57. The van der Waals surface area contributed by atoms with Crippen LogP contribution in [0.1, 0.15) is 52.0 Å². The highest BCUT2D eigenvalue weighted by Gasteiger charge is 2.84. The Morgan fingerprint density at radius 1 is 1.28 bits per heavy atom. The van der Waals surface area contributed by atoms with Crippen molar-refractivity contribution in [3.8, 4) is 6.07 Å². The number of nitriles is 1. The van der Waals surface area contributed by atoms with Gasteiger partial charge < -0.3 is 9.84 Å². The lowest BCUT2D eigenvalue weighted by molar-refractivity contribution is -0.179. The van der Waals surface area contributed by atoms with E-state index in [9.17, 15) is 15.2 Å². The average molecular weight is 498 g/mol. The molecule has 1 N–H and O–H groups in total. The summed E-state index contributed by atoms with van der Waals surface area (Å²) in [6.45, 7) is 7.32. The zero-order chi connectivity index (χ0) is 22.9. The zero-order valence-electron chi connectivity index (χ0n) is 19.1. The third-order valence-electron chi connectivity index (χ3n) is 9.58. The molecule has 3 fully saturated rings. The summed E-state index contributed by atoms with van der Waals surface area (Å²) in [5.41, 5.74) is -0.451. The van der Waals surface area contributed by atoms with Crippen molar-refractivity contribution in [2.24, 2.45) is 45.8 Å². The van der Waals surface area contributed by atoms with Gasteiger partial charge in [-0.25, -0.2) is 0 Å². The molecule has 0 radical (unpaired) electrons. The summed E-state index contributed by atoms with van der Waals surface area (Å²) in [5, 5.41) is 21.7. The largest absolute Gasteiger partial charge is 0.481 e. The molecule has 1 aromatic rings. The number of carbonyl (C=O) groups is 1. The third kappa shape index (κ3) is 2.54. The molecular formula is C27H32BrNO3. The van der Waals surface area contributed by atoms with Crippen molar-refractivity contribution >= 4 is 21.9 Å². The zero-order valence-corrected chi connectivity index (χ0v) is 20.7. The first-order valence-electron chi connectivity index (χ1n) is 11.9. The fourth-order valence-electron chi connectivity index (χ4n) is 8.47. The second-order valence-electron chi connectivity index (χ2n) is 11.0. The van der Waals surface area contributed by atoms with Gasteiger partial charge >= 0.3 is 5.97 Å². The van der Waals surface area contributed by atoms with E-state index in [1.54, 1.807) is 0 Å². The van der Waals surface area contributed by atoms with Gasteiger partial charge in [0.25, 0.3) is 0 Å². The maximum Gasteiger partial charge on any atom is 0.316 e. The number of hydrogen-bond acceptors (Lipinski definition) is 3. The highest BCUT2D eigenvalue weighted by molar-refractivity contribution is 9.10. The van der Waals surface area contributed by atoms with E-state index in [0.717, 1.165) is 34.9 Å². The van der Waals surface area contributed by atoms with Crippen LogP contribution < -0.4 is 0 Å². The van der Waals surface area contributed by atoms with Crippen molar-refractivity contribution in [2.75, 3.05) is 6.61 Å². The number of nitrogens with zero attached hydrogens (tertiary/aromatic N) is 1. The van der Waals surface area contributed by atoms with Crippen LogP contribution in [0.15, 0.2) is 40.4 Å². The molecule has 4 nitrogen and oxygen atoms in total. The number of carboxylic acids is 1. The van der Waals surface area contributed by atoms with Gasteiger partial charge in [-0.05, 0) is 66.5 Å². The van der Waals surface area contributed by atoms with Gasteiger partial charge in [0.2, 0.25) is 0 Å². The number of carboxylic acid groups (broad SMARTS) is 1. The summed E-state index contributed by atoms with van der Waals surface area (Å²) in [5.74, 6) is 0.506. The standard InChI is InChI=1S/C27H32BrNO3/c1-16(2)23-10-19-11-25(14-29)22-9-4-17(3)21(22)12-26(19,27(23,25)24(30)31)15-32-13-18-5-7-20(28)8-6-18/h5-8,10,16-17,19,21-22H,4,9,11-13,15H2,1-3H3,(H,30,31). The summed E-state index contributed by atoms with van der Waals surface area (Å²) < 4.78 is 7.38. The minimum Gasteiger partial charge on any atom is -0.481 e. The van der Waals surface area contributed by atoms with Crippen molar-refractivity contribution in [3.05, 3.63) is 46.0 Å². The summed E-state index contributed by atoms with van der Waals surface area (Å²) >= 11 is 3.47. The fraction of sp³-hybridized carbons (Fsp3) is 0.630. The van der Waals surface area contributed by atoms with Crippen LogP contribution >= 0.6 is 15.9 Å². The molecule has 0 saturated heterocycles. The minimum absolute atomic E-state index is 0.0957. The Kier molecular flexibility index (Phi) is 5.15. The number of benzene rings is 1. The maximum absolute atomic E-state index is 13.4. The van der Waals surface area contributed by atoms with Crippen LogP contribution in [0.5, 0.6) is 0 Å². The highest BCUT2D eigenvalue weighted by Crippen LogP contribution is 2.83. The van der Waals surface area contributed by atoms with Gasteiger partial charge in [-0.1, -0.05) is 66.9 Å². The molecule has 3 saturated carbocycles. The second kappa shape index (κ2) is 7.43. The lowest BCUT2D eigenvalue weighted by atomic mass is 9.43. The van der Waals surface area contributed by atoms with E-state index in [1.807, 2.05) is 24.3 Å². The summed E-state index contributed by atoms with van der Waals surface area (Å²) in [4.78, 5) is 13.4. The van der Waals surface area contributed by atoms with E-state index >= 15 is 0 Å². The number of aliphatic carboxylic acids is 1. The number of hydrogen-bond donors (Lipinski definition) is 1. The third-order valence-corrected chi connectivity index (χ3v) is 10.1. The van der Waals surface area contributed by atoms with Crippen LogP contribution in [0.3, 0.4) is 0 Å². The summed E-state index contributed by atoms with van der Waals surface area (Å²) in [6.07, 6.45) is 5.83. The average Bonchev–Trinajstić information content (AvgIpc) is 3.32. The smallest absolute Gasteiger partial charge is 0.316 e. The topological polar surface area (TPSA) is 70.3 Å². The fourth-order valence-corrected chi connectivity index (χ4v) is 8.74. The lowest BCUT2D eigenvalue weighted by Crippen LogP contribution is -2.62. The van der Waals surface area contributed by atoms with E-state index in [4.69, 9.17) is 4.74 Å². The molecule has 0 spiro atoms. The van der Waals surface area contributed by atoms with Gasteiger partial charge in [-0.15, -0.1) is 0 Å². The molecule has 32 heavy (non-hydrogen) atoms. The van der Waals surface area contributed by atoms with Crippen molar-refractivity contribution in [2.45, 2.75) is 53.1 Å². The van der Waals surface area contributed by atoms with Crippen LogP contribution in [0.2, 0.25) is 0 Å². The number of fused-ring (bicyclic) bond motifs is 2. The van der Waals surface area contributed by atoms with E-state index in [-0.39, 0.29) is 17.8 Å². The predicted octanol–water partition coefficient (Wildman–Crippen LogP) is 6.21. The van der Waals surface area contributed by atoms with Crippen LogP contribution in [0, 0.1) is 57.2 Å². The summed E-state index contributed by atoms with van der Waals surface area (Å²) in [6, 6.07) is 10.8. The molecular weight excluding hydrogens is 466 g/mol. The molecule has 0 aliphatic heterocycles. The van der Waals surface area contributed by atoms with E-state index in [0.29, 0.717) is 31.5 Å². The number of halogens is 1. The molecule has 7 unspecified atom stereocenters. The quantitative estimate of drug-likeness (QED) is 0.473. The highest BCUT2D eigenvalue weighted by atomic mass is 79.9. The van der Waals surface area contributed by atoms with Gasteiger partial charge in [-0.2, -0.15) is 5.26 Å². The Labute approximate surface area is 199 Å².